The van der Waals surface area contributed by atoms with E-state index in [0.717, 1.165) is 29.8 Å². The number of aromatic nitrogens is 1. The minimum absolute atomic E-state index is 0.0400. The van der Waals surface area contributed by atoms with Crippen LogP contribution in [-0.4, -0.2) is 84.6 Å². The summed E-state index contributed by atoms with van der Waals surface area (Å²) in [7, 11) is 5.06. The van der Waals surface area contributed by atoms with Gasteiger partial charge in [-0.15, -0.1) is 11.3 Å². The van der Waals surface area contributed by atoms with Crippen molar-refractivity contribution in [3.63, 3.8) is 0 Å². The van der Waals surface area contributed by atoms with Crippen molar-refractivity contribution in [1.82, 2.24) is 20.1 Å². The van der Waals surface area contributed by atoms with E-state index in [9.17, 15) is 14.4 Å². The highest BCUT2D eigenvalue weighted by Crippen LogP contribution is 2.30. The Bertz CT molecular complexity index is 1190. The molecule has 2 aromatic rings. The molecule has 3 rings (SSSR count). The maximum Gasteiger partial charge on any atom is 0.226 e. The van der Waals surface area contributed by atoms with E-state index < -0.39 is 18.1 Å². The highest BCUT2D eigenvalue weighted by molar-refractivity contribution is 7.09. The maximum absolute atomic E-state index is 13.9. The molecule has 0 radical (unpaired) electrons. The summed E-state index contributed by atoms with van der Waals surface area (Å²) >= 11 is 1.52. The van der Waals surface area contributed by atoms with Crippen LogP contribution in [-0.2, 0) is 30.3 Å². The fraction of sp³-hybridized carbons (Fsp3) is 0.657. The number of benzene rings is 1. The maximum atomic E-state index is 13.9. The van der Waals surface area contributed by atoms with Crippen LogP contribution in [0.25, 0.3) is 0 Å². The SMILES string of the molecule is CC[C@H](C)[C@@H]([C@@H](CC(=O)N1CCC[C@H]1[C@H](OC)[C@@H](C)C(=O)N[C@@H](Cc1ccccc1)c1nccs1)OC)N(C)C(=O)CC(C)C. The second-order valence-electron chi connectivity index (χ2n) is 12.9. The lowest BCUT2D eigenvalue weighted by atomic mass is 9.90. The van der Waals surface area contributed by atoms with Gasteiger partial charge in [-0.1, -0.05) is 71.4 Å². The molecule has 9 nitrogen and oxygen atoms in total. The van der Waals surface area contributed by atoms with Gasteiger partial charge in [0.2, 0.25) is 17.7 Å². The van der Waals surface area contributed by atoms with Crippen molar-refractivity contribution in [3.8, 4) is 0 Å². The third-order valence-electron chi connectivity index (χ3n) is 9.24. The molecule has 0 spiro atoms. The van der Waals surface area contributed by atoms with Gasteiger partial charge in [0.1, 0.15) is 5.01 Å². The van der Waals surface area contributed by atoms with Crippen LogP contribution < -0.4 is 5.32 Å². The predicted molar refractivity (Wildman–Crippen MR) is 179 cm³/mol. The molecule has 45 heavy (non-hydrogen) atoms. The minimum Gasteiger partial charge on any atom is -0.379 e. The number of likely N-dealkylation sites (tertiary alicyclic amines) is 1. The van der Waals surface area contributed by atoms with Gasteiger partial charge < -0.3 is 24.6 Å². The van der Waals surface area contributed by atoms with E-state index in [4.69, 9.17) is 9.47 Å². The molecule has 0 saturated carbocycles. The molecule has 0 unspecified atom stereocenters. The molecule has 1 fully saturated rings. The van der Waals surface area contributed by atoms with Crippen molar-refractivity contribution in [1.29, 1.82) is 0 Å². The number of thiazole rings is 1. The number of hydrogen-bond donors (Lipinski definition) is 1. The summed E-state index contributed by atoms with van der Waals surface area (Å²) in [6, 6.07) is 9.32. The van der Waals surface area contributed by atoms with E-state index in [0.29, 0.717) is 19.4 Å². The van der Waals surface area contributed by atoms with E-state index in [-0.39, 0.29) is 54.1 Å². The molecule has 10 heteroatoms. The Balaban J connectivity index is 1.74. The number of methoxy groups -OCH3 is 2. The molecule has 1 aromatic carbocycles. The van der Waals surface area contributed by atoms with E-state index in [1.807, 2.05) is 68.4 Å². The largest absolute Gasteiger partial charge is 0.379 e. The first kappa shape index (κ1) is 36.6. The van der Waals surface area contributed by atoms with Gasteiger partial charge in [-0.2, -0.15) is 0 Å². The Morgan fingerprint density at radius 2 is 1.80 bits per heavy atom. The number of hydrogen-bond acceptors (Lipinski definition) is 7. The van der Waals surface area contributed by atoms with E-state index in [1.54, 1.807) is 25.3 Å². The summed E-state index contributed by atoms with van der Waals surface area (Å²) in [6.45, 7) is 10.7. The number of nitrogens with one attached hydrogen (secondary N) is 1. The zero-order valence-electron chi connectivity index (χ0n) is 28.4. The number of carbonyl (C=O) groups excluding carboxylic acids is 3. The molecule has 0 aliphatic carbocycles. The predicted octanol–water partition coefficient (Wildman–Crippen LogP) is 5.51. The summed E-state index contributed by atoms with van der Waals surface area (Å²) in [5, 5.41) is 6.00. The van der Waals surface area contributed by atoms with Crippen LogP contribution in [0.1, 0.15) is 83.3 Å². The lowest BCUT2D eigenvalue weighted by Gasteiger charge is -2.39. The molecular formula is C35H54N4O5S. The molecule has 7 atom stereocenters. The molecule has 1 aliphatic heterocycles. The van der Waals surface area contributed by atoms with E-state index in [1.165, 1.54) is 11.3 Å². The Morgan fingerprint density at radius 3 is 2.38 bits per heavy atom. The number of amides is 3. The Morgan fingerprint density at radius 1 is 1.09 bits per heavy atom. The molecule has 1 saturated heterocycles. The second-order valence-corrected chi connectivity index (χ2v) is 13.8. The number of likely N-dealkylation sites (N-methyl/N-ethyl adjacent to an activating group) is 1. The fourth-order valence-corrected chi connectivity index (χ4v) is 7.27. The van der Waals surface area contributed by atoms with Crippen molar-refractivity contribution >= 4 is 29.1 Å². The first-order valence-corrected chi connectivity index (χ1v) is 17.2. The zero-order chi connectivity index (χ0) is 33.1. The minimum atomic E-state index is -0.502. The van der Waals surface area contributed by atoms with Crippen molar-refractivity contribution in [3.05, 3.63) is 52.5 Å². The third kappa shape index (κ3) is 9.83. The fourth-order valence-electron chi connectivity index (χ4n) is 6.58. The van der Waals surface area contributed by atoms with E-state index >= 15 is 0 Å². The van der Waals surface area contributed by atoms with Crippen LogP contribution in [0, 0.1) is 17.8 Å². The van der Waals surface area contributed by atoms with Gasteiger partial charge in [-0.25, -0.2) is 4.98 Å². The second kappa shape index (κ2) is 17.8. The lowest BCUT2D eigenvalue weighted by molar-refractivity contribution is -0.146. The number of ether oxygens (including phenoxy) is 2. The number of nitrogens with zero attached hydrogens (tertiary/aromatic N) is 3. The molecular weight excluding hydrogens is 588 g/mol. The third-order valence-corrected chi connectivity index (χ3v) is 10.1. The van der Waals surface area contributed by atoms with Gasteiger partial charge in [0.25, 0.3) is 0 Å². The van der Waals surface area contributed by atoms with Gasteiger partial charge in [0.05, 0.1) is 42.7 Å². The van der Waals surface area contributed by atoms with Crippen molar-refractivity contribution in [2.24, 2.45) is 17.8 Å². The molecule has 1 N–H and O–H groups in total. The van der Waals surface area contributed by atoms with Gasteiger partial charge in [0.15, 0.2) is 0 Å². The van der Waals surface area contributed by atoms with Gasteiger partial charge >= 0.3 is 0 Å². The number of rotatable bonds is 17. The van der Waals surface area contributed by atoms with Crippen molar-refractivity contribution < 1.29 is 23.9 Å². The standard InChI is InChI=1S/C35H54N4O5S/c1-9-24(4)32(38(6)30(40)20-23(2)3)29(43-7)22-31(41)39-18-13-16-28(39)33(44-8)25(5)34(42)37-27(35-36-17-19-45-35)21-26-14-11-10-12-15-26/h10-12,14-15,17,19,23-25,27-29,32-33H,9,13,16,18,20-22H2,1-8H3,(H,37,42)/t24-,25+,27-,28-,29+,32-,33+/m0/s1. The smallest absolute Gasteiger partial charge is 0.226 e. The summed E-state index contributed by atoms with van der Waals surface area (Å²) in [5.41, 5.74) is 1.11. The summed E-state index contributed by atoms with van der Waals surface area (Å²) in [5.74, 6) is -0.221. The Hall–Kier alpha value is -2.82. The van der Waals surface area contributed by atoms with Crippen LogP contribution >= 0.6 is 11.3 Å². The van der Waals surface area contributed by atoms with Crippen LogP contribution in [0.5, 0.6) is 0 Å². The molecule has 250 valence electrons. The Kier molecular flexibility index (Phi) is 14.5. The van der Waals surface area contributed by atoms with Crippen molar-refractivity contribution in [2.75, 3.05) is 27.8 Å². The first-order valence-electron chi connectivity index (χ1n) is 16.4. The molecule has 0 bridgehead atoms. The quantitative estimate of drug-likeness (QED) is 0.244. The van der Waals surface area contributed by atoms with Crippen LogP contribution in [0.3, 0.4) is 0 Å². The average Bonchev–Trinajstić information content (AvgIpc) is 3.74. The highest BCUT2D eigenvalue weighted by Gasteiger charge is 2.42. The van der Waals surface area contributed by atoms with Gasteiger partial charge in [0, 0.05) is 45.8 Å². The monoisotopic (exact) mass is 642 g/mol. The summed E-state index contributed by atoms with van der Waals surface area (Å²) < 4.78 is 11.9. The summed E-state index contributed by atoms with van der Waals surface area (Å²) in [6.07, 6.45) is 4.50. The van der Waals surface area contributed by atoms with Crippen LogP contribution in [0.15, 0.2) is 41.9 Å². The molecule has 2 heterocycles. The Labute approximate surface area is 274 Å². The lowest BCUT2D eigenvalue weighted by Crippen LogP contribution is -2.53. The zero-order valence-corrected chi connectivity index (χ0v) is 29.2. The van der Waals surface area contributed by atoms with Crippen molar-refractivity contribution in [2.45, 2.75) is 103 Å². The van der Waals surface area contributed by atoms with Crippen LogP contribution in [0.2, 0.25) is 0 Å². The molecule has 3 amide bonds. The normalized spacial score (nSPS) is 19.0. The molecule has 1 aliphatic rings. The topological polar surface area (TPSA) is 101 Å². The summed E-state index contributed by atoms with van der Waals surface area (Å²) in [4.78, 5) is 48.9. The van der Waals surface area contributed by atoms with Gasteiger partial charge in [-0.3, -0.25) is 14.4 Å². The highest BCUT2D eigenvalue weighted by atomic mass is 32.1. The van der Waals surface area contributed by atoms with E-state index in [2.05, 4.69) is 24.1 Å². The van der Waals surface area contributed by atoms with Gasteiger partial charge in [-0.05, 0) is 36.7 Å². The van der Waals surface area contributed by atoms with Crippen LogP contribution in [0.4, 0.5) is 0 Å². The first-order chi connectivity index (χ1) is 21.5. The average molecular weight is 643 g/mol. The molecule has 1 aromatic heterocycles. The number of carbonyl (C=O) groups is 3.